The highest BCUT2D eigenvalue weighted by atomic mass is 16.3. The fourth-order valence-corrected chi connectivity index (χ4v) is 6.48. The van der Waals surface area contributed by atoms with Crippen molar-refractivity contribution in [2.45, 2.75) is 120 Å². The number of amides is 12. The molecular formula is C41H62N12O15. The number of hydrogen-bond acceptors (Lipinski definition) is 15. The van der Waals surface area contributed by atoms with Crippen LogP contribution in [0, 0.1) is 0 Å². The normalized spacial score (nSPS) is 23.0. The van der Waals surface area contributed by atoms with Crippen molar-refractivity contribution >= 4 is 70.9 Å². The molecule has 1 saturated heterocycles. The number of carbonyl (C=O) groups excluding carboxylic acids is 12. The van der Waals surface area contributed by atoms with Crippen LogP contribution in [-0.4, -0.2) is 155 Å². The molecule has 0 aromatic heterocycles. The highest BCUT2D eigenvalue weighted by molar-refractivity contribution is 6.00. The van der Waals surface area contributed by atoms with Gasteiger partial charge >= 0.3 is 0 Å². The summed E-state index contributed by atoms with van der Waals surface area (Å²) in [5.74, 6) is -14.2. The molecule has 27 heteroatoms. The summed E-state index contributed by atoms with van der Waals surface area (Å²) in [5, 5.41) is 50.1. The molecule has 2 rings (SSSR count). The first kappa shape index (κ1) is 56.7. The number of aliphatic hydroxyl groups excluding tert-OH is 2. The van der Waals surface area contributed by atoms with Gasteiger partial charge in [-0.2, -0.15) is 0 Å². The lowest BCUT2D eigenvalue weighted by Gasteiger charge is -2.26. The van der Waals surface area contributed by atoms with E-state index in [1.54, 1.807) is 0 Å². The number of phenolic OH excluding ortho intramolecular Hbond substituents is 1. The first-order chi connectivity index (χ1) is 32.2. The topological polar surface area (TPSA) is 452 Å². The Labute approximate surface area is 389 Å². The second-order valence-electron chi connectivity index (χ2n) is 15.8. The molecule has 7 atom stereocenters. The minimum absolute atomic E-state index is 0.0869. The Morgan fingerprint density at radius 3 is 1.53 bits per heavy atom. The van der Waals surface area contributed by atoms with E-state index in [4.69, 9.17) is 17.2 Å². The van der Waals surface area contributed by atoms with Gasteiger partial charge in [0.2, 0.25) is 70.9 Å². The summed E-state index contributed by atoms with van der Waals surface area (Å²) in [6, 6.07) is -7.59. The molecule has 0 spiro atoms. The molecule has 376 valence electrons. The first-order valence-corrected chi connectivity index (χ1v) is 21.7. The lowest BCUT2D eigenvalue weighted by molar-refractivity contribution is -0.137. The van der Waals surface area contributed by atoms with E-state index in [9.17, 15) is 72.9 Å². The summed E-state index contributed by atoms with van der Waals surface area (Å²) in [4.78, 5) is 157. The third-order valence-corrected chi connectivity index (χ3v) is 10.1. The highest BCUT2D eigenvalue weighted by Gasteiger charge is 2.35. The van der Waals surface area contributed by atoms with Gasteiger partial charge in [0.05, 0.1) is 45.4 Å². The second-order valence-corrected chi connectivity index (χ2v) is 15.8. The van der Waals surface area contributed by atoms with Crippen molar-refractivity contribution in [1.29, 1.82) is 0 Å². The molecule has 1 fully saturated rings. The molecule has 27 nitrogen and oxygen atoms in total. The number of nitrogens with two attached hydrogens (primary N) is 3. The van der Waals surface area contributed by atoms with Crippen LogP contribution in [0.3, 0.4) is 0 Å². The molecule has 0 radical (unpaired) electrons. The van der Waals surface area contributed by atoms with Crippen LogP contribution in [-0.2, 0) is 64.0 Å². The molecule has 1 aliphatic heterocycles. The summed E-state index contributed by atoms with van der Waals surface area (Å²) < 4.78 is 0. The fourth-order valence-electron chi connectivity index (χ4n) is 6.48. The minimum atomic E-state index is -1.95. The van der Waals surface area contributed by atoms with E-state index in [2.05, 4.69) is 47.9 Å². The van der Waals surface area contributed by atoms with Gasteiger partial charge in [-0.15, -0.1) is 0 Å². The van der Waals surface area contributed by atoms with E-state index >= 15 is 0 Å². The van der Waals surface area contributed by atoms with Crippen molar-refractivity contribution in [3.05, 3.63) is 29.8 Å². The molecule has 18 N–H and O–H groups in total. The molecule has 68 heavy (non-hydrogen) atoms. The van der Waals surface area contributed by atoms with Gasteiger partial charge in [-0.05, 0) is 24.1 Å². The molecule has 0 aliphatic carbocycles. The summed E-state index contributed by atoms with van der Waals surface area (Å²) in [6.07, 6.45) is 1.05. The van der Waals surface area contributed by atoms with Crippen molar-refractivity contribution in [1.82, 2.24) is 47.9 Å². The van der Waals surface area contributed by atoms with Crippen molar-refractivity contribution in [3.8, 4) is 5.75 Å². The van der Waals surface area contributed by atoms with Crippen LogP contribution in [0.4, 0.5) is 0 Å². The number of aromatic hydroxyl groups is 1. The first-order valence-electron chi connectivity index (χ1n) is 21.7. The molecule has 1 heterocycles. The van der Waals surface area contributed by atoms with E-state index in [0.717, 1.165) is 32.1 Å². The average molecular weight is 963 g/mol. The zero-order valence-electron chi connectivity index (χ0n) is 37.4. The van der Waals surface area contributed by atoms with Crippen molar-refractivity contribution in [2.75, 3.05) is 26.3 Å². The van der Waals surface area contributed by atoms with E-state index in [1.807, 2.05) is 6.92 Å². The fraction of sp³-hybridized carbons (Fsp3) is 0.561. The van der Waals surface area contributed by atoms with Crippen LogP contribution in [0.5, 0.6) is 5.75 Å². The van der Waals surface area contributed by atoms with Gasteiger partial charge in [0.25, 0.3) is 0 Å². The van der Waals surface area contributed by atoms with Crippen LogP contribution in [0.15, 0.2) is 24.3 Å². The predicted molar refractivity (Wildman–Crippen MR) is 235 cm³/mol. The largest absolute Gasteiger partial charge is 0.508 e. The Bertz CT molecular complexity index is 1990. The number of nitrogens with one attached hydrogen (secondary N) is 9. The van der Waals surface area contributed by atoms with Gasteiger partial charge in [0, 0.05) is 13.0 Å². The maximum atomic E-state index is 13.8. The van der Waals surface area contributed by atoms with E-state index in [0.29, 0.717) is 12.0 Å². The summed E-state index contributed by atoms with van der Waals surface area (Å²) in [6.45, 7) is -1.13. The van der Waals surface area contributed by atoms with Gasteiger partial charge < -0.3 is 80.4 Å². The van der Waals surface area contributed by atoms with E-state index in [1.165, 1.54) is 24.3 Å². The number of primary amides is 3. The number of unbranched alkanes of at least 4 members (excludes halogenated alkanes) is 5. The Morgan fingerprint density at radius 2 is 0.985 bits per heavy atom. The van der Waals surface area contributed by atoms with Gasteiger partial charge in [-0.25, -0.2) is 0 Å². The Balaban J connectivity index is 2.65. The molecule has 1 aromatic carbocycles. The van der Waals surface area contributed by atoms with Crippen molar-refractivity contribution in [2.24, 2.45) is 17.2 Å². The van der Waals surface area contributed by atoms with E-state index in [-0.39, 0.29) is 18.7 Å². The van der Waals surface area contributed by atoms with Crippen LogP contribution < -0.4 is 65.1 Å². The Morgan fingerprint density at radius 1 is 0.559 bits per heavy atom. The smallest absolute Gasteiger partial charge is 0.245 e. The molecular weight excluding hydrogens is 901 g/mol. The van der Waals surface area contributed by atoms with Crippen LogP contribution in [0.1, 0.15) is 76.7 Å². The second kappa shape index (κ2) is 29.3. The molecule has 1 aromatic rings. The molecule has 1 aliphatic rings. The van der Waals surface area contributed by atoms with Crippen molar-refractivity contribution < 1.29 is 72.9 Å². The summed E-state index contributed by atoms with van der Waals surface area (Å²) >= 11 is 0. The molecule has 0 unspecified atom stereocenters. The molecule has 0 bridgehead atoms. The minimum Gasteiger partial charge on any atom is -0.508 e. The summed E-state index contributed by atoms with van der Waals surface area (Å²) in [5.41, 5.74) is 16.3. The number of carbonyl (C=O) groups is 12. The SMILES string of the molecule is CCCCCCCCNC(=O)[C@H]1CC(=O)N[C@H](CO)C(=O)N[C@H](Cc2ccc(O)cc2)C(=O)N[C@H](CC(N)=O)C(=O)NCC(=O)N[C@@H](CC(N)=O)C(=O)N[C@@H](CO)C(=O)N[C@@H](CC(N)=O)C(=O)N1. The number of aliphatic hydroxyl groups is 2. The van der Waals surface area contributed by atoms with Crippen LogP contribution >= 0.6 is 0 Å². The average Bonchev–Trinajstić information content (AvgIpc) is 3.27. The maximum absolute atomic E-state index is 13.8. The van der Waals surface area contributed by atoms with Crippen LogP contribution in [0.2, 0.25) is 0 Å². The third-order valence-electron chi connectivity index (χ3n) is 10.1. The molecule has 12 amide bonds. The van der Waals surface area contributed by atoms with Crippen molar-refractivity contribution in [3.63, 3.8) is 0 Å². The monoisotopic (exact) mass is 962 g/mol. The van der Waals surface area contributed by atoms with Gasteiger partial charge in [0.1, 0.15) is 48.0 Å². The zero-order valence-corrected chi connectivity index (χ0v) is 37.4. The standard InChI is InChI=1S/C41H62N12O15/c1-2-3-4-5-6-7-12-45-35(62)27-17-33(60)48-28(19-54)40(67)49-23(13-21-8-10-22(56)11-9-21)37(64)50-24(14-30(42)57)36(63)46-18-34(61)47-25(15-31(43)58)38(65)53-29(20-55)41(68)51-26(16-32(44)59)39(66)52-27/h8-11,23-29,54-56H,2-7,12-20H2,1H3,(H2,42,57)(H2,43,58)(H2,44,59)(H,45,62)(H,46,63)(H,47,61)(H,48,60)(H,49,67)(H,50,64)(H,51,68)(H,52,66)(H,53,65)/t23-,24-,25+,26+,27-,28-,29+/m1/s1. The quantitative estimate of drug-likeness (QED) is 0.0608. The summed E-state index contributed by atoms with van der Waals surface area (Å²) in [7, 11) is 0. The Kier molecular flexibility index (Phi) is 24.4. The van der Waals surface area contributed by atoms with E-state index < -0.39 is 159 Å². The van der Waals surface area contributed by atoms with Gasteiger partial charge in [0.15, 0.2) is 0 Å². The molecule has 0 saturated carbocycles. The predicted octanol–water partition coefficient (Wildman–Crippen LogP) is -7.06. The number of benzene rings is 1. The maximum Gasteiger partial charge on any atom is 0.245 e. The van der Waals surface area contributed by atoms with Gasteiger partial charge in [-0.1, -0.05) is 51.2 Å². The third kappa shape index (κ3) is 20.8. The van der Waals surface area contributed by atoms with Crippen LogP contribution in [0.25, 0.3) is 0 Å². The zero-order chi connectivity index (χ0) is 50.9. The lowest BCUT2D eigenvalue weighted by atomic mass is 10.0. The number of hydrogen-bond donors (Lipinski definition) is 15. The highest BCUT2D eigenvalue weighted by Crippen LogP contribution is 2.13. The lowest BCUT2D eigenvalue weighted by Crippen LogP contribution is -2.60. The van der Waals surface area contributed by atoms with Gasteiger partial charge in [-0.3, -0.25) is 57.5 Å². The number of rotatable bonds is 18. The number of phenols is 1. The Hall–Kier alpha value is -7.42.